The molecular formula is C22H25ClN2O2. The van der Waals surface area contributed by atoms with E-state index in [2.05, 4.69) is 5.32 Å². The molecule has 0 unspecified atom stereocenters. The number of likely N-dealkylation sites (tertiary alicyclic amines) is 1. The minimum Gasteiger partial charge on any atom is -0.342 e. The number of carbonyl (C=O) groups excluding carboxylic acids is 2. The number of hydrogen-bond acceptors (Lipinski definition) is 2. The zero-order valence-corrected chi connectivity index (χ0v) is 16.6. The molecule has 0 atom stereocenters. The number of hydrogen-bond donors (Lipinski definition) is 1. The standard InChI is InChI=1S/C22H25ClN2O2/c1-15-4-3-5-17(12-15)13-21(26)25-10-8-18(9-11-25)22(27)24-19-7-6-16(2)20(23)14-19/h3-7,12,14,18H,8-11,13H2,1-2H3,(H,24,27). The number of nitrogens with zero attached hydrogens (tertiary/aromatic N) is 1. The fraction of sp³-hybridized carbons (Fsp3) is 0.364. The van der Waals surface area contributed by atoms with Gasteiger partial charge in [-0.1, -0.05) is 47.5 Å². The van der Waals surface area contributed by atoms with Crippen LogP contribution in [0.5, 0.6) is 0 Å². The first kappa shape index (κ1) is 19.4. The van der Waals surface area contributed by atoms with Crippen molar-refractivity contribution in [2.45, 2.75) is 33.1 Å². The number of rotatable bonds is 4. The molecule has 0 aliphatic carbocycles. The summed E-state index contributed by atoms with van der Waals surface area (Å²) < 4.78 is 0. The Bertz CT molecular complexity index is 842. The Morgan fingerprint density at radius 3 is 2.52 bits per heavy atom. The van der Waals surface area contributed by atoms with Gasteiger partial charge in [0.25, 0.3) is 0 Å². The average Bonchev–Trinajstić information content (AvgIpc) is 2.65. The van der Waals surface area contributed by atoms with Crippen LogP contribution < -0.4 is 5.32 Å². The number of anilines is 1. The van der Waals surface area contributed by atoms with Crippen LogP contribution in [-0.2, 0) is 16.0 Å². The highest BCUT2D eigenvalue weighted by Crippen LogP contribution is 2.23. The Morgan fingerprint density at radius 1 is 1.11 bits per heavy atom. The van der Waals surface area contributed by atoms with E-state index in [4.69, 9.17) is 11.6 Å². The molecule has 4 nitrogen and oxygen atoms in total. The van der Waals surface area contributed by atoms with Crippen molar-refractivity contribution in [2.75, 3.05) is 18.4 Å². The van der Waals surface area contributed by atoms with Crippen LogP contribution in [0.4, 0.5) is 5.69 Å². The molecule has 1 N–H and O–H groups in total. The summed E-state index contributed by atoms with van der Waals surface area (Å²) in [6, 6.07) is 13.6. The minimum absolute atomic E-state index is 0.000651. The summed E-state index contributed by atoms with van der Waals surface area (Å²) in [6.07, 6.45) is 1.79. The highest BCUT2D eigenvalue weighted by molar-refractivity contribution is 6.31. The van der Waals surface area contributed by atoms with Crippen molar-refractivity contribution in [2.24, 2.45) is 5.92 Å². The van der Waals surface area contributed by atoms with Crippen LogP contribution in [0, 0.1) is 19.8 Å². The molecule has 1 saturated heterocycles. The maximum absolute atomic E-state index is 12.5. The SMILES string of the molecule is Cc1cccc(CC(=O)N2CCC(C(=O)Nc3ccc(C)c(Cl)c3)CC2)c1. The van der Waals surface area contributed by atoms with Crippen LogP contribution in [-0.4, -0.2) is 29.8 Å². The lowest BCUT2D eigenvalue weighted by Gasteiger charge is -2.31. The number of aryl methyl sites for hydroxylation is 2. The van der Waals surface area contributed by atoms with Crippen LogP contribution in [0.1, 0.15) is 29.5 Å². The summed E-state index contributed by atoms with van der Waals surface area (Å²) in [5, 5.41) is 3.59. The van der Waals surface area contributed by atoms with Gasteiger partial charge in [0.15, 0.2) is 0 Å². The van der Waals surface area contributed by atoms with Gasteiger partial charge in [-0.05, 0) is 49.9 Å². The van der Waals surface area contributed by atoms with Gasteiger partial charge in [-0.15, -0.1) is 0 Å². The van der Waals surface area contributed by atoms with Gasteiger partial charge in [0.1, 0.15) is 0 Å². The second-order valence-electron chi connectivity index (χ2n) is 7.27. The summed E-state index contributed by atoms with van der Waals surface area (Å²) in [5.74, 6) is 0.0542. The molecule has 1 heterocycles. The third-order valence-corrected chi connectivity index (χ3v) is 5.50. The molecule has 0 spiro atoms. The van der Waals surface area contributed by atoms with Crippen molar-refractivity contribution in [3.63, 3.8) is 0 Å². The van der Waals surface area contributed by atoms with Crippen molar-refractivity contribution in [1.29, 1.82) is 0 Å². The number of benzene rings is 2. The van der Waals surface area contributed by atoms with Crippen LogP contribution in [0.15, 0.2) is 42.5 Å². The molecule has 0 bridgehead atoms. The quantitative estimate of drug-likeness (QED) is 0.850. The Balaban J connectivity index is 1.51. The summed E-state index contributed by atoms with van der Waals surface area (Å²) >= 11 is 6.12. The average molecular weight is 385 g/mol. The topological polar surface area (TPSA) is 49.4 Å². The first-order chi connectivity index (χ1) is 12.9. The summed E-state index contributed by atoms with van der Waals surface area (Å²) in [5.41, 5.74) is 3.90. The van der Waals surface area contributed by atoms with Crippen LogP contribution >= 0.6 is 11.6 Å². The first-order valence-corrected chi connectivity index (χ1v) is 9.70. The Labute approximate surface area is 165 Å². The van der Waals surface area contributed by atoms with Gasteiger partial charge < -0.3 is 10.2 Å². The molecular weight excluding hydrogens is 360 g/mol. The number of halogens is 1. The van der Waals surface area contributed by atoms with E-state index in [1.54, 1.807) is 6.07 Å². The number of piperidine rings is 1. The third kappa shape index (κ3) is 5.10. The fourth-order valence-electron chi connectivity index (χ4n) is 3.41. The Morgan fingerprint density at radius 2 is 1.85 bits per heavy atom. The van der Waals surface area contributed by atoms with E-state index in [1.807, 2.05) is 55.1 Å². The number of amides is 2. The lowest BCUT2D eigenvalue weighted by Crippen LogP contribution is -2.42. The molecule has 1 fully saturated rings. The molecule has 27 heavy (non-hydrogen) atoms. The monoisotopic (exact) mass is 384 g/mol. The largest absolute Gasteiger partial charge is 0.342 e. The third-order valence-electron chi connectivity index (χ3n) is 5.10. The van der Waals surface area contributed by atoms with Crippen LogP contribution in [0.3, 0.4) is 0 Å². The van der Waals surface area contributed by atoms with Gasteiger partial charge in [0, 0.05) is 29.7 Å². The highest BCUT2D eigenvalue weighted by Gasteiger charge is 2.27. The highest BCUT2D eigenvalue weighted by atomic mass is 35.5. The zero-order chi connectivity index (χ0) is 19.4. The molecule has 2 aromatic carbocycles. The van der Waals surface area contributed by atoms with E-state index in [0.717, 1.165) is 16.7 Å². The molecule has 1 aliphatic heterocycles. The van der Waals surface area contributed by atoms with Gasteiger partial charge in [0.05, 0.1) is 6.42 Å². The maximum Gasteiger partial charge on any atom is 0.227 e. The van der Waals surface area contributed by atoms with E-state index in [-0.39, 0.29) is 17.7 Å². The fourth-order valence-corrected chi connectivity index (χ4v) is 3.60. The van der Waals surface area contributed by atoms with Crippen LogP contribution in [0.25, 0.3) is 0 Å². The van der Waals surface area contributed by atoms with Crippen molar-refractivity contribution < 1.29 is 9.59 Å². The summed E-state index contributed by atoms with van der Waals surface area (Å²) in [7, 11) is 0. The molecule has 1 aliphatic rings. The molecule has 5 heteroatoms. The van der Waals surface area contributed by atoms with Crippen LogP contribution in [0.2, 0.25) is 5.02 Å². The normalized spacial score (nSPS) is 14.9. The van der Waals surface area contributed by atoms with Crippen molar-refractivity contribution >= 4 is 29.1 Å². The van der Waals surface area contributed by atoms with Gasteiger partial charge in [-0.25, -0.2) is 0 Å². The second kappa shape index (κ2) is 8.57. The van der Waals surface area contributed by atoms with Gasteiger partial charge in [0.2, 0.25) is 11.8 Å². The van der Waals surface area contributed by atoms with E-state index in [9.17, 15) is 9.59 Å². The predicted molar refractivity (Wildman–Crippen MR) is 109 cm³/mol. The van der Waals surface area contributed by atoms with Gasteiger partial charge in [-0.3, -0.25) is 9.59 Å². The second-order valence-corrected chi connectivity index (χ2v) is 7.68. The molecule has 3 rings (SSSR count). The zero-order valence-electron chi connectivity index (χ0n) is 15.8. The van der Waals surface area contributed by atoms with Gasteiger partial charge in [-0.2, -0.15) is 0 Å². The molecule has 0 aromatic heterocycles. The Hall–Kier alpha value is -2.33. The van der Waals surface area contributed by atoms with Crippen molar-refractivity contribution in [3.05, 3.63) is 64.2 Å². The lowest BCUT2D eigenvalue weighted by atomic mass is 9.95. The van der Waals surface area contributed by atoms with Crippen molar-refractivity contribution in [3.8, 4) is 0 Å². The van der Waals surface area contributed by atoms with Crippen molar-refractivity contribution in [1.82, 2.24) is 4.90 Å². The molecule has 2 aromatic rings. The molecule has 0 radical (unpaired) electrons. The number of nitrogens with one attached hydrogen (secondary N) is 1. The Kier molecular flexibility index (Phi) is 6.17. The lowest BCUT2D eigenvalue weighted by molar-refractivity contribution is -0.133. The molecule has 2 amide bonds. The van der Waals surface area contributed by atoms with E-state index in [0.29, 0.717) is 43.1 Å². The summed E-state index contributed by atoms with van der Waals surface area (Å²) in [4.78, 5) is 26.9. The molecule has 0 saturated carbocycles. The maximum atomic E-state index is 12.5. The number of carbonyl (C=O) groups is 2. The van der Waals surface area contributed by atoms with E-state index in [1.165, 1.54) is 0 Å². The van der Waals surface area contributed by atoms with Gasteiger partial charge >= 0.3 is 0 Å². The summed E-state index contributed by atoms with van der Waals surface area (Å²) in [6.45, 7) is 5.20. The first-order valence-electron chi connectivity index (χ1n) is 9.32. The predicted octanol–water partition coefficient (Wildman–Crippen LogP) is 4.38. The van der Waals surface area contributed by atoms with E-state index >= 15 is 0 Å². The minimum atomic E-state index is -0.0758. The van der Waals surface area contributed by atoms with E-state index < -0.39 is 0 Å². The molecule has 142 valence electrons. The smallest absolute Gasteiger partial charge is 0.227 e.